The average Bonchev–Trinajstić information content (AvgIpc) is 2.44. The maximum atomic E-state index is 13.3. The number of nitrogens with zero attached hydrogens (tertiary/aromatic N) is 1. The van der Waals surface area contributed by atoms with Gasteiger partial charge in [0.25, 0.3) is 0 Å². The zero-order chi connectivity index (χ0) is 17.9. The highest BCUT2D eigenvalue weighted by Crippen LogP contribution is 2.34. The van der Waals surface area contributed by atoms with E-state index < -0.39 is 11.4 Å². The first kappa shape index (κ1) is 19.3. The summed E-state index contributed by atoms with van der Waals surface area (Å²) in [5.74, 6) is 0.180. The number of ether oxygens (including phenoxy) is 2. The highest BCUT2D eigenvalue weighted by molar-refractivity contribution is 9.10. The smallest absolute Gasteiger partial charge is 0.410 e. The third-order valence-electron chi connectivity index (χ3n) is 3.60. The lowest BCUT2D eigenvalue weighted by Crippen LogP contribution is -2.44. The Kier molecular flexibility index (Phi) is 6.37. The molecule has 1 saturated heterocycles. The molecule has 1 fully saturated rings. The van der Waals surface area contributed by atoms with Gasteiger partial charge in [-0.25, -0.2) is 9.18 Å². The Hall–Kier alpha value is -1.01. The lowest BCUT2D eigenvalue weighted by atomic mass is 9.99. The van der Waals surface area contributed by atoms with E-state index in [-0.39, 0.29) is 17.0 Å². The number of carbonyl (C=O) groups is 1. The molecule has 1 aliphatic heterocycles. The molecule has 1 unspecified atom stereocenters. The highest BCUT2D eigenvalue weighted by atomic mass is 79.9. The lowest BCUT2D eigenvalue weighted by molar-refractivity contribution is 0.0139. The SMILES string of the molecule is CC(C)(C)OC(=O)N1CCCC(COc2c(Cl)cc(F)cc2Br)C1. The summed E-state index contributed by atoms with van der Waals surface area (Å²) >= 11 is 9.28. The Morgan fingerprint density at radius 1 is 1.46 bits per heavy atom. The van der Waals surface area contributed by atoms with Gasteiger partial charge in [0, 0.05) is 19.0 Å². The van der Waals surface area contributed by atoms with Gasteiger partial charge in [0.05, 0.1) is 16.1 Å². The summed E-state index contributed by atoms with van der Waals surface area (Å²) in [5.41, 5.74) is -0.507. The van der Waals surface area contributed by atoms with Crippen LogP contribution in [0.5, 0.6) is 5.75 Å². The molecule has 4 nitrogen and oxygen atoms in total. The Morgan fingerprint density at radius 3 is 2.79 bits per heavy atom. The number of carbonyl (C=O) groups excluding carboxylic acids is 1. The molecule has 1 aromatic carbocycles. The molecule has 0 aromatic heterocycles. The molecule has 7 heteroatoms. The summed E-state index contributed by atoms with van der Waals surface area (Å²) in [7, 11) is 0. The summed E-state index contributed by atoms with van der Waals surface area (Å²) in [6.45, 7) is 7.22. The van der Waals surface area contributed by atoms with Crippen molar-refractivity contribution in [1.29, 1.82) is 0 Å². The van der Waals surface area contributed by atoms with E-state index in [0.29, 0.717) is 29.9 Å². The largest absolute Gasteiger partial charge is 0.490 e. The van der Waals surface area contributed by atoms with Gasteiger partial charge in [-0.2, -0.15) is 0 Å². The number of piperidine rings is 1. The number of hydrogen-bond donors (Lipinski definition) is 0. The van der Waals surface area contributed by atoms with Gasteiger partial charge in [0.2, 0.25) is 0 Å². The third kappa shape index (κ3) is 5.52. The van der Waals surface area contributed by atoms with Crippen molar-refractivity contribution in [2.75, 3.05) is 19.7 Å². The van der Waals surface area contributed by atoms with Gasteiger partial charge in [-0.1, -0.05) is 11.6 Å². The van der Waals surface area contributed by atoms with E-state index >= 15 is 0 Å². The van der Waals surface area contributed by atoms with Crippen molar-refractivity contribution < 1.29 is 18.7 Å². The minimum absolute atomic E-state index is 0.180. The predicted molar refractivity (Wildman–Crippen MR) is 95.1 cm³/mol. The van der Waals surface area contributed by atoms with Crippen molar-refractivity contribution in [2.24, 2.45) is 5.92 Å². The predicted octanol–water partition coefficient (Wildman–Crippen LogP) is 5.27. The fraction of sp³-hybridized carbons (Fsp3) is 0.588. The monoisotopic (exact) mass is 421 g/mol. The van der Waals surface area contributed by atoms with Crippen molar-refractivity contribution in [1.82, 2.24) is 4.90 Å². The van der Waals surface area contributed by atoms with Crippen molar-refractivity contribution in [2.45, 2.75) is 39.2 Å². The average molecular weight is 423 g/mol. The van der Waals surface area contributed by atoms with E-state index in [4.69, 9.17) is 21.1 Å². The molecule has 1 atom stereocenters. The molecule has 0 aliphatic carbocycles. The fourth-order valence-electron chi connectivity index (χ4n) is 2.56. The topological polar surface area (TPSA) is 38.8 Å². The van der Waals surface area contributed by atoms with E-state index in [9.17, 15) is 9.18 Å². The number of benzene rings is 1. The summed E-state index contributed by atoms with van der Waals surface area (Å²) < 4.78 is 24.9. The first-order valence-electron chi connectivity index (χ1n) is 7.91. The Labute approximate surface area is 155 Å². The van der Waals surface area contributed by atoms with Crippen LogP contribution in [0.25, 0.3) is 0 Å². The number of likely N-dealkylation sites (tertiary alicyclic amines) is 1. The maximum Gasteiger partial charge on any atom is 0.410 e. The Bertz CT molecular complexity index is 583. The number of halogens is 3. The van der Waals surface area contributed by atoms with E-state index in [1.165, 1.54) is 12.1 Å². The Morgan fingerprint density at radius 2 is 2.17 bits per heavy atom. The minimum atomic E-state index is -0.507. The molecule has 24 heavy (non-hydrogen) atoms. The molecule has 0 radical (unpaired) electrons. The summed E-state index contributed by atoms with van der Waals surface area (Å²) in [6.07, 6.45) is 1.55. The maximum absolute atomic E-state index is 13.3. The van der Waals surface area contributed by atoms with E-state index in [1.807, 2.05) is 20.8 Å². The summed E-state index contributed by atoms with van der Waals surface area (Å²) in [6, 6.07) is 2.53. The molecule has 1 amide bonds. The number of hydrogen-bond acceptors (Lipinski definition) is 3. The van der Waals surface area contributed by atoms with Crippen LogP contribution in [0.15, 0.2) is 16.6 Å². The van der Waals surface area contributed by atoms with Crippen molar-refractivity contribution >= 4 is 33.6 Å². The van der Waals surface area contributed by atoms with Gasteiger partial charge >= 0.3 is 6.09 Å². The van der Waals surface area contributed by atoms with Crippen molar-refractivity contribution in [3.63, 3.8) is 0 Å². The van der Waals surface area contributed by atoms with Gasteiger partial charge in [0.15, 0.2) is 5.75 Å². The molecule has 0 bridgehead atoms. The van der Waals surface area contributed by atoms with Crippen LogP contribution in [0.1, 0.15) is 33.6 Å². The number of rotatable bonds is 3. The first-order chi connectivity index (χ1) is 11.2. The van der Waals surface area contributed by atoms with E-state index in [2.05, 4.69) is 15.9 Å². The molecule has 1 aliphatic rings. The first-order valence-corrected chi connectivity index (χ1v) is 9.08. The number of amides is 1. The minimum Gasteiger partial charge on any atom is -0.490 e. The van der Waals surface area contributed by atoms with E-state index in [1.54, 1.807) is 4.90 Å². The molecular weight excluding hydrogens is 401 g/mol. The zero-order valence-electron chi connectivity index (χ0n) is 14.1. The molecular formula is C17H22BrClFNO3. The quantitative estimate of drug-likeness (QED) is 0.666. The molecule has 0 saturated carbocycles. The Balaban J connectivity index is 1.93. The molecule has 134 valence electrons. The van der Waals surface area contributed by atoms with Gasteiger partial charge < -0.3 is 14.4 Å². The van der Waals surface area contributed by atoms with Crippen LogP contribution in [0.4, 0.5) is 9.18 Å². The molecule has 0 spiro atoms. The molecule has 1 aromatic rings. The van der Waals surface area contributed by atoms with Crippen LogP contribution < -0.4 is 4.74 Å². The molecule has 0 N–H and O–H groups in total. The zero-order valence-corrected chi connectivity index (χ0v) is 16.4. The van der Waals surface area contributed by atoms with Gasteiger partial charge in [-0.05, 0) is 61.7 Å². The lowest BCUT2D eigenvalue weighted by Gasteiger charge is -2.34. The van der Waals surface area contributed by atoms with Crippen LogP contribution in [-0.2, 0) is 4.74 Å². The highest BCUT2D eigenvalue weighted by Gasteiger charge is 2.28. The molecule has 2 rings (SSSR count). The standard InChI is InChI=1S/C17H22BrClFNO3/c1-17(2,3)24-16(22)21-6-4-5-11(9-21)10-23-15-13(18)7-12(20)8-14(15)19/h7-8,11H,4-6,9-10H2,1-3H3. The van der Waals surface area contributed by atoms with E-state index in [0.717, 1.165) is 12.8 Å². The summed E-state index contributed by atoms with van der Waals surface area (Å²) in [4.78, 5) is 13.9. The fourth-order valence-corrected chi connectivity index (χ4v) is 3.48. The normalized spacial score (nSPS) is 18.4. The second-order valence-corrected chi connectivity index (χ2v) is 8.21. The van der Waals surface area contributed by atoms with Gasteiger partial charge in [0.1, 0.15) is 11.4 Å². The van der Waals surface area contributed by atoms with Crippen molar-refractivity contribution in [3.05, 3.63) is 27.4 Å². The van der Waals surface area contributed by atoms with Crippen LogP contribution in [0.2, 0.25) is 5.02 Å². The van der Waals surface area contributed by atoms with Crippen molar-refractivity contribution in [3.8, 4) is 5.75 Å². The van der Waals surface area contributed by atoms with Gasteiger partial charge in [-0.15, -0.1) is 0 Å². The third-order valence-corrected chi connectivity index (χ3v) is 4.47. The molecule has 1 heterocycles. The van der Waals surface area contributed by atoms with Crippen LogP contribution in [0.3, 0.4) is 0 Å². The van der Waals surface area contributed by atoms with Crippen LogP contribution in [-0.4, -0.2) is 36.3 Å². The van der Waals surface area contributed by atoms with Gasteiger partial charge in [-0.3, -0.25) is 0 Å². The van der Waals surface area contributed by atoms with Crippen LogP contribution >= 0.6 is 27.5 Å². The van der Waals surface area contributed by atoms with Crippen LogP contribution in [0, 0.1) is 11.7 Å². The summed E-state index contributed by atoms with van der Waals surface area (Å²) in [5, 5.41) is 0.224. The second kappa shape index (κ2) is 7.91. The second-order valence-electron chi connectivity index (χ2n) is 6.94.